The molecule has 2 aromatic rings. The van der Waals surface area contributed by atoms with E-state index in [9.17, 15) is 14.9 Å². The molecule has 2 heterocycles. The first-order valence-electron chi connectivity index (χ1n) is 11.4. The van der Waals surface area contributed by atoms with Gasteiger partial charge in [0.1, 0.15) is 15.9 Å². The highest BCUT2D eigenvalue weighted by Crippen LogP contribution is 2.44. The first kappa shape index (κ1) is 23.0. The fourth-order valence-corrected chi connectivity index (χ4v) is 7.03. The second-order valence-corrected chi connectivity index (χ2v) is 12.2. The van der Waals surface area contributed by atoms with Gasteiger partial charge >= 0.3 is 5.97 Å². The number of carbonyl (C=O) groups is 2. The van der Waals surface area contributed by atoms with Gasteiger partial charge in [0, 0.05) is 9.75 Å². The van der Waals surface area contributed by atoms with E-state index in [1.165, 1.54) is 38.0 Å². The molecule has 2 aliphatic carbocycles. The lowest BCUT2D eigenvalue weighted by molar-refractivity contribution is -0.123. The van der Waals surface area contributed by atoms with Crippen LogP contribution in [0, 0.1) is 22.7 Å². The molecule has 0 saturated heterocycles. The van der Waals surface area contributed by atoms with E-state index in [0.717, 1.165) is 50.5 Å². The molecule has 0 bridgehead atoms. The Morgan fingerprint density at radius 2 is 1.94 bits per heavy atom. The minimum Gasteiger partial charge on any atom is -0.448 e. The fourth-order valence-electron chi connectivity index (χ4n) is 4.61. The van der Waals surface area contributed by atoms with Crippen LogP contribution in [0.1, 0.15) is 83.1 Å². The van der Waals surface area contributed by atoms with Crippen LogP contribution in [-0.4, -0.2) is 18.0 Å². The number of nitrogens with zero attached hydrogens (tertiary/aromatic N) is 1. The highest BCUT2D eigenvalue weighted by atomic mass is 32.1. The molecule has 2 atom stereocenters. The van der Waals surface area contributed by atoms with E-state index in [0.29, 0.717) is 21.4 Å². The van der Waals surface area contributed by atoms with Crippen LogP contribution in [-0.2, 0) is 35.2 Å². The zero-order valence-electron chi connectivity index (χ0n) is 19.2. The maximum absolute atomic E-state index is 12.8. The lowest BCUT2D eigenvalue weighted by atomic mass is 9.72. The summed E-state index contributed by atoms with van der Waals surface area (Å²) in [5, 5.41) is 13.2. The lowest BCUT2D eigenvalue weighted by Crippen LogP contribution is -2.29. The summed E-state index contributed by atoms with van der Waals surface area (Å²) in [5.74, 6) is -0.298. The van der Waals surface area contributed by atoms with E-state index in [4.69, 9.17) is 4.74 Å². The van der Waals surface area contributed by atoms with Gasteiger partial charge in [-0.25, -0.2) is 4.79 Å². The molecule has 32 heavy (non-hydrogen) atoms. The molecule has 1 N–H and O–H groups in total. The molecule has 0 fully saturated rings. The number of ether oxygens (including phenoxy) is 1. The Kier molecular flexibility index (Phi) is 6.46. The van der Waals surface area contributed by atoms with E-state index in [1.807, 2.05) is 6.07 Å². The molecular weight excluding hydrogens is 440 g/mol. The predicted octanol–water partition coefficient (Wildman–Crippen LogP) is 5.90. The van der Waals surface area contributed by atoms with Gasteiger partial charge in [-0.15, -0.1) is 22.7 Å². The van der Waals surface area contributed by atoms with Crippen LogP contribution in [0.15, 0.2) is 6.07 Å². The second kappa shape index (κ2) is 8.99. The molecule has 4 rings (SSSR count). The number of rotatable bonds is 4. The van der Waals surface area contributed by atoms with Gasteiger partial charge in [0.15, 0.2) is 6.10 Å². The van der Waals surface area contributed by atoms with Crippen molar-refractivity contribution >= 4 is 39.6 Å². The fraction of sp³-hybridized carbons (Fsp3) is 0.560. The SMILES string of the molecule is CC(OC(=O)c1cc2c(s1)CCCC2)C(=O)Nc1sc2c(c1C#N)CCC(C(C)(C)C)C2. The summed E-state index contributed by atoms with van der Waals surface area (Å²) in [7, 11) is 0. The summed E-state index contributed by atoms with van der Waals surface area (Å²) < 4.78 is 5.47. The van der Waals surface area contributed by atoms with Crippen molar-refractivity contribution in [2.24, 2.45) is 11.3 Å². The van der Waals surface area contributed by atoms with E-state index < -0.39 is 18.0 Å². The first-order chi connectivity index (χ1) is 15.2. The smallest absolute Gasteiger partial charge is 0.349 e. The van der Waals surface area contributed by atoms with Crippen molar-refractivity contribution < 1.29 is 14.3 Å². The van der Waals surface area contributed by atoms with Gasteiger partial charge in [-0.2, -0.15) is 5.26 Å². The molecule has 0 aliphatic heterocycles. The van der Waals surface area contributed by atoms with E-state index >= 15 is 0 Å². The molecule has 1 amide bonds. The average molecular weight is 471 g/mol. The van der Waals surface area contributed by atoms with Gasteiger partial charge in [0.2, 0.25) is 0 Å². The standard InChI is InChI=1S/C25H30N2O3S2/c1-14(30-24(29)21-11-15-7-5-6-8-19(15)31-21)22(28)27-23-18(13-26)17-10-9-16(25(2,3)4)12-20(17)32-23/h11,14,16H,5-10,12H2,1-4H3,(H,27,28). The zero-order chi connectivity index (χ0) is 23.0. The number of nitriles is 1. The minimum absolute atomic E-state index is 0.210. The van der Waals surface area contributed by atoms with Crippen molar-refractivity contribution in [1.82, 2.24) is 0 Å². The van der Waals surface area contributed by atoms with Gasteiger partial charge in [0.05, 0.1) is 5.56 Å². The molecule has 2 aliphatic rings. The summed E-state index contributed by atoms with van der Waals surface area (Å²) >= 11 is 2.97. The summed E-state index contributed by atoms with van der Waals surface area (Å²) in [6, 6.07) is 4.20. The van der Waals surface area contributed by atoms with Crippen LogP contribution in [0.4, 0.5) is 5.00 Å². The van der Waals surface area contributed by atoms with Crippen molar-refractivity contribution in [2.75, 3.05) is 5.32 Å². The van der Waals surface area contributed by atoms with Crippen molar-refractivity contribution in [1.29, 1.82) is 5.26 Å². The maximum Gasteiger partial charge on any atom is 0.349 e. The summed E-state index contributed by atoms with van der Waals surface area (Å²) in [6.07, 6.45) is 6.23. The number of aryl methyl sites for hydroxylation is 2. The molecule has 5 nitrogen and oxygen atoms in total. The van der Waals surface area contributed by atoms with Crippen LogP contribution < -0.4 is 5.32 Å². The number of anilines is 1. The number of fused-ring (bicyclic) bond motifs is 2. The Morgan fingerprint density at radius 1 is 1.19 bits per heavy atom. The Bertz CT molecular complexity index is 1060. The predicted molar refractivity (Wildman–Crippen MR) is 128 cm³/mol. The summed E-state index contributed by atoms with van der Waals surface area (Å²) in [4.78, 5) is 28.4. The Labute approximate surface area is 197 Å². The molecular formula is C25H30N2O3S2. The third-order valence-corrected chi connectivity index (χ3v) is 9.08. The van der Waals surface area contributed by atoms with Crippen molar-refractivity contribution in [3.63, 3.8) is 0 Å². The van der Waals surface area contributed by atoms with E-state index in [2.05, 4.69) is 32.2 Å². The van der Waals surface area contributed by atoms with Gasteiger partial charge < -0.3 is 10.1 Å². The highest BCUT2D eigenvalue weighted by molar-refractivity contribution is 7.16. The maximum atomic E-state index is 12.8. The van der Waals surface area contributed by atoms with Crippen LogP contribution in [0.25, 0.3) is 0 Å². The number of thiophene rings is 2. The van der Waals surface area contributed by atoms with Gasteiger partial charge in [-0.1, -0.05) is 20.8 Å². The lowest BCUT2D eigenvalue weighted by Gasteiger charge is -2.33. The first-order valence-corrected chi connectivity index (χ1v) is 13.0. The molecule has 0 saturated carbocycles. The van der Waals surface area contributed by atoms with Gasteiger partial charge in [-0.05, 0) is 80.4 Å². The monoisotopic (exact) mass is 470 g/mol. The third kappa shape index (κ3) is 4.62. The quantitative estimate of drug-likeness (QED) is 0.565. The second-order valence-electron chi connectivity index (χ2n) is 9.93. The normalized spacial score (nSPS) is 18.8. The van der Waals surface area contributed by atoms with Crippen LogP contribution in [0.5, 0.6) is 0 Å². The average Bonchev–Trinajstić information content (AvgIpc) is 3.33. The Balaban J connectivity index is 1.43. The largest absolute Gasteiger partial charge is 0.448 e. The Hall–Kier alpha value is -2.17. The molecule has 0 aromatic carbocycles. The Morgan fingerprint density at radius 3 is 2.62 bits per heavy atom. The number of nitrogens with one attached hydrogen (secondary N) is 1. The zero-order valence-corrected chi connectivity index (χ0v) is 20.8. The van der Waals surface area contributed by atoms with Crippen LogP contribution in [0.3, 0.4) is 0 Å². The van der Waals surface area contributed by atoms with Gasteiger partial charge in [0.25, 0.3) is 5.91 Å². The number of hydrogen-bond donors (Lipinski definition) is 1. The molecule has 170 valence electrons. The van der Waals surface area contributed by atoms with E-state index in [-0.39, 0.29) is 5.41 Å². The topological polar surface area (TPSA) is 79.2 Å². The molecule has 0 radical (unpaired) electrons. The summed E-state index contributed by atoms with van der Waals surface area (Å²) in [6.45, 7) is 8.34. The number of carbonyl (C=O) groups excluding carboxylic acids is 2. The molecule has 7 heteroatoms. The number of amides is 1. The highest BCUT2D eigenvalue weighted by Gasteiger charge is 2.33. The summed E-state index contributed by atoms with van der Waals surface area (Å²) in [5.41, 5.74) is 3.08. The minimum atomic E-state index is -0.936. The van der Waals surface area contributed by atoms with Gasteiger partial charge in [-0.3, -0.25) is 4.79 Å². The van der Waals surface area contributed by atoms with Crippen LogP contribution in [0.2, 0.25) is 0 Å². The number of esters is 1. The van der Waals surface area contributed by atoms with E-state index in [1.54, 1.807) is 6.92 Å². The molecule has 0 spiro atoms. The van der Waals surface area contributed by atoms with Crippen LogP contribution >= 0.6 is 22.7 Å². The van der Waals surface area contributed by atoms with Crippen molar-refractivity contribution in [3.8, 4) is 6.07 Å². The molecule has 2 aromatic heterocycles. The van der Waals surface area contributed by atoms with Crippen molar-refractivity contribution in [3.05, 3.63) is 37.4 Å². The third-order valence-electron chi connectivity index (χ3n) is 6.69. The molecule has 2 unspecified atom stereocenters. The van der Waals surface area contributed by atoms with Crippen molar-refractivity contribution in [2.45, 2.75) is 78.7 Å². The number of hydrogen-bond acceptors (Lipinski definition) is 6.